The molecule has 0 heterocycles. The van der Waals surface area contributed by atoms with E-state index in [4.69, 9.17) is 10.5 Å². The van der Waals surface area contributed by atoms with Gasteiger partial charge in [-0.25, -0.2) is 4.39 Å². The molecule has 0 aliphatic rings. The van der Waals surface area contributed by atoms with Crippen LogP contribution in [0.15, 0.2) is 24.3 Å². The smallest absolute Gasteiger partial charge is 0.240 e. The van der Waals surface area contributed by atoms with Crippen LogP contribution in [-0.4, -0.2) is 24.5 Å². The van der Waals surface area contributed by atoms with Crippen LogP contribution in [0.25, 0.3) is 0 Å². The fourth-order valence-corrected chi connectivity index (χ4v) is 1.95. The van der Waals surface area contributed by atoms with E-state index in [0.717, 1.165) is 6.42 Å². The normalized spacial score (nSPS) is 13.2. The van der Waals surface area contributed by atoms with E-state index in [2.05, 4.69) is 5.32 Å². The minimum atomic E-state index is -0.651. The summed E-state index contributed by atoms with van der Waals surface area (Å²) in [5.74, 6) is -0.723. The van der Waals surface area contributed by atoms with Gasteiger partial charge in [-0.15, -0.1) is 0 Å². The highest BCUT2D eigenvalue weighted by atomic mass is 19.1. The molecule has 5 nitrogen and oxygen atoms in total. The first kappa shape index (κ1) is 17.9. The van der Waals surface area contributed by atoms with Gasteiger partial charge in [0.25, 0.3) is 0 Å². The van der Waals surface area contributed by atoms with Gasteiger partial charge in [-0.05, 0) is 24.5 Å². The van der Waals surface area contributed by atoms with Crippen molar-refractivity contribution in [2.45, 2.75) is 39.2 Å². The fourth-order valence-electron chi connectivity index (χ4n) is 1.95. The summed E-state index contributed by atoms with van der Waals surface area (Å²) in [5, 5.41) is 2.65. The molecule has 1 rings (SSSR count). The number of halogens is 1. The van der Waals surface area contributed by atoms with Crippen LogP contribution in [0.5, 0.6) is 5.75 Å². The van der Waals surface area contributed by atoms with Crippen LogP contribution in [-0.2, 0) is 9.59 Å². The van der Waals surface area contributed by atoms with Crippen molar-refractivity contribution in [1.29, 1.82) is 0 Å². The molecule has 3 N–H and O–H groups in total. The topological polar surface area (TPSA) is 81.4 Å². The molecule has 0 saturated heterocycles. The van der Waals surface area contributed by atoms with Gasteiger partial charge in [0.15, 0.2) is 0 Å². The summed E-state index contributed by atoms with van der Waals surface area (Å²) in [5.41, 5.74) is 5.29. The Morgan fingerprint density at radius 3 is 2.73 bits per heavy atom. The summed E-state index contributed by atoms with van der Waals surface area (Å²) in [7, 11) is 0. The summed E-state index contributed by atoms with van der Waals surface area (Å²) in [6, 6.07) is 5.17. The van der Waals surface area contributed by atoms with E-state index in [9.17, 15) is 14.0 Å². The lowest BCUT2D eigenvalue weighted by Gasteiger charge is -2.21. The van der Waals surface area contributed by atoms with Crippen molar-refractivity contribution >= 4 is 11.8 Å². The molecule has 22 heavy (non-hydrogen) atoms. The Labute approximate surface area is 130 Å². The third kappa shape index (κ3) is 6.11. The standard InChI is InChI=1S/C16H23FN2O3/c1-3-11(2)15(16(18)21)19-14(20)8-5-9-22-13-7-4-6-12(17)10-13/h4,6-7,10-11,15H,3,5,8-9H2,1-2H3,(H2,18,21)(H,19,20). The van der Waals surface area contributed by atoms with Crippen molar-refractivity contribution in [2.75, 3.05) is 6.61 Å². The number of rotatable bonds is 9. The lowest BCUT2D eigenvalue weighted by atomic mass is 9.98. The number of carbonyl (C=O) groups excluding carboxylic acids is 2. The number of nitrogens with one attached hydrogen (secondary N) is 1. The summed E-state index contributed by atoms with van der Waals surface area (Å²) in [4.78, 5) is 23.1. The molecule has 122 valence electrons. The molecular weight excluding hydrogens is 287 g/mol. The zero-order valence-corrected chi connectivity index (χ0v) is 13.0. The highest BCUT2D eigenvalue weighted by molar-refractivity contribution is 5.86. The largest absolute Gasteiger partial charge is 0.493 e. The van der Waals surface area contributed by atoms with Crippen molar-refractivity contribution in [3.8, 4) is 5.75 Å². The van der Waals surface area contributed by atoms with Crippen molar-refractivity contribution in [1.82, 2.24) is 5.32 Å². The van der Waals surface area contributed by atoms with Gasteiger partial charge in [0.05, 0.1) is 6.61 Å². The van der Waals surface area contributed by atoms with Crippen molar-refractivity contribution in [3.05, 3.63) is 30.1 Å². The maximum absolute atomic E-state index is 12.9. The van der Waals surface area contributed by atoms with Gasteiger partial charge < -0.3 is 15.8 Å². The molecular formula is C16H23FN2O3. The number of ether oxygens (including phenoxy) is 1. The van der Waals surface area contributed by atoms with Gasteiger partial charge in [0, 0.05) is 12.5 Å². The lowest BCUT2D eigenvalue weighted by Crippen LogP contribution is -2.48. The van der Waals surface area contributed by atoms with Crippen LogP contribution in [0.3, 0.4) is 0 Å². The van der Waals surface area contributed by atoms with Crippen LogP contribution >= 0.6 is 0 Å². The van der Waals surface area contributed by atoms with Crippen LogP contribution in [0.2, 0.25) is 0 Å². The van der Waals surface area contributed by atoms with Crippen LogP contribution in [0.4, 0.5) is 4.39 Å². The molecule has 0 aliphatic carbocycles. The Balaban J connectivity index is 2.32. The molecule has 1 aromatic carbocycles. The summed E-state index contributed by atoms with van der Waals surface area (Å²) >= 11 is 0. The van der Waals surface area contributed by atoms with E-state index in [0.29, 0.717) is 18.8 Å². The van der Waals surface area contributed by atoms with Crippen LogP contribution < -0.4 is 15.8 Å². The molecule has 2 amide bonds. The van der Waals surface area contributed by atoms with Gasteiger partial charge in [-0.3, -0.25) is 9.59 Å². The minimum Gasteiger partial charge on any atom is -0.493 e. The van der Waals surface area contributed by atoms with Gasteiger partial charge >= 0.3 is 0 Å². The molecule has 0 saturated carbocycles. The highest BCUT2D eigenvalue weighted by Crippen LogP contribution is 2.12. The first-order valence-corrected chi connectivity index (χ1v) is 7.41. The second-order valence-corrected chi connectivity index (χ2v) is 5.24. The van der Waals surface area contributed by atoms with E-state index in [1.165, 1.54) is 12.1 Å². The molecule has 6 heteroatoms. The minimum absolute atomic E-state index is 0.00926. The molecule has 0 bridgehead atoms. The zero-order chi connectivity index (χ0) is 16.5. The van der Waals surface area contributed by atoms with Crippen molar-refractivity contribution in [3.63, 3.8) is 0 Å². The van der Waals surface area contributed by atoms with E-state index in [1.807, 2.05) is 13.8 Å². The Morgan fingerprint density at radius 1 is 1.41 bits per heavy atom. The lowest BCUT2D eigenvalue weighted by molar-refractivity contribution is -0.128. The number of benzene rings is 1. The second-order valence-electron chi connectivity index (χ2n) is 5.24. The van der Waals surface area contributed by atoms with E-state index in [-0.39, 0.29) is 24.1 Å². The molecule has 0 spiro atoms. The molecule has 1 aromatic rings. The number of primary amides is 1. The van der Waals surface area contributed by atoms with E-state index < -0.39 is 11.9 Å². The van der Waals surface area contributed by atoms with E-state index >= 15 is 0 Å². The first-order chi connectivity index (χ1) is 10.4. The summed E-state index contributed by atoms with van der Waals surface area (Å²) in [6.07, 6.45) is 1.43. The van der Waals surface area contributed by atoms with E-state index in [1.54, 1.807) is 12.1 Å². The average molecular weight is 310 g/mol. The molecule has 2 atom stereocenters. The maximum atomic E-state index is 12.9. The average Bonchev–Trinajstić information content (AvgIpc) is 2.48. The highest BCUT2D eigenvalue weighted by Gasteiger charge is 2.23. The van der Waals surface area contributed by atoms with Crippen LogP contribution in [0.1, 0.15) is 33.1 Å². The van der Waals surface area contributed by atoms with Gasteiger partial charge in [-0.1, -0.05) is 26.3 Å². The third-order valence-electron chi connectivity index (χ3n) is 3.45. The van der Waals surface area contributed by atoms with Gasteiger partial charge in [0.1, 0.15) is 17.6 Å². The monoisotopic (exact) mass is 310 g/mol. The fraction of sp³-hybridized carbons (Fsp3) is 0.500. The molecule has 2 unspecified atom stereocenters. The SMILES string of the molecule is CCC(C)C(NC(=O)CCCOc1cccc(F)c1)C(N)=O. The maximum Gasteiger partial charge on any atom is 0.240 e. The Kier molecular flexibility index (Phi) is 7.36. The molecule has 0 radical (unpaired) electrons. The Bertz CT molecular complexity index is 508. The van der Waals surface area contributed by atoms with Crippen molar-refractivity contribution < 1.29 is 18.7 Å². The number of hydrogen-bond donors (Lipinski definition) is 2. The molecule has 0 fully saturated rings. The quantitative estimate of drug-likeness (QED) is 0.684. The Morgan fingerprint density at radius 2 is 2.14 bits per heavy atom. The van der Waals surface area contributed by atoms with Crippen molar-refractivity contribution in [2.24, 2.45) is 11.7 Å². The predicted molar refractivity (Wildman–Crippen MR) is 81.7 cm³/mol. The molecule has 0 aliphatic heterocycles. The van der Waals surface area contributed by atoms with Gasteiger partial charge in [-0.2, -0.15) is 0 Å². The zero-order valence-electron chi connectivity index (χ0n) is 13.0. The summed E-state index contributed by atoms with van der Waals surface area (Å²) < 4.78 is 18.3. The summed E-state index contributed by atoms with van der Waals surface area (Å²) in [6.45, 7) is 4.09. The second kappa shape index (κ2) is 9.02. The van der Waals surface area contributed by atoms with Gasteiger partial charge in [0.2, 0.25) is 11.8 Å². The number of hydrogen-bond acceptors (Lipinski definition) is 3. The number of carbonyl (C=O) groups is 2. The van der Waals surface area contributed by atoms with Crippen LogP contribution in [0, 0.1) is 11.7 Å². The Hall–Kier alpha value is -2.11. The first-order valence-electron chi connectivity index (χ1n) is 7.41. The predicted octanol–water partition coefficient (Wildman–Crippen LogP) is 2.00. The number of nitrogens with two attached hydrogens (primary N) is 1. The third-order valence-corrected chi connectivity index (χ3v) is 3.45. The number of amides is 2. The molecule has 0 aromatic heterocycles.